The Morgan fingerprint density at radius 1 is 1.16 bits per heavy atom. The molecule has 0 bridgehead atoms. The first-order chi connectivity index (χ1) is 15.1. The summed E-state index contributed by atoms with van der Waals surface area (Å²) in [4.78, 5) is 19.4. The third kappa shape index (κ3) is 4.30. The second kappa shape index (κ2) is 8.76. The Hall–Kier alpha value is -1.97. The fourth-order valence-corrected chi connectivity index (χ4v) is 7.18. The Labute approximate surface area is 191 Å². The van der Waals surface area contributed by atoms with Gasteiger partial charge in [0, 0.05) is 44.5 Å². The van der Waals surface area contributed by atoms with Gasteiger partial charge in [-0.25, -0.2) is 4.98 Å². The van der Waals surface area contributed by atoms with E-state index in [4.69, 9.17) is 5.73 Å². The van der Waals surface area contributed by atoms with Crippen molar-refractivity contribution in [2.45, 2.75) is 58.4 Å². The number of aromatic nitrogens is 1. The van der Waals surface area contributed by atoms with Crippen molar-refractivity contribution in [3.8, 4) is 0 Å². The van der Waals surface area contributed by atoms with Crippen molar-refractivity contribution < 1.29 is 13.2 Å². The van der Waals surface area contributed by atoms with E-state index < -0.39 is 16.1 Å². The van der Waals surface area contributed by atoms with Crippen molar-refractivity contribution in [3.63, 3.8) is 0 Å². The SMILES string of the molecule is C[C@@H]1CN(c2nccc(C3=CCCN(S(=O)(=O)N4CCCCC4)C3)c2C(N)=O)C(C)(C)C1. The van der Waals surface area contributed by atoms with E-state index in [1.807, 2.05) is 6.08 Å². The average Bonchev–Trinajstić information content (AvgIpc) is 3.05. The molecule has 3 aliphatic rings. The van der Waals surface area contributed by atoms with Crippen LogP contribution in [-0.2, 0) is 10.2 Å². The van der Waals surface area contributed by atoms with Crippen LogP contribution in [0.2, 0.25) is 0 Å². The highest BCUT2D eigenvalue weighted by molar-refractivity contribution is 7.86. The monoisotopic (exact) mass is 461 g/mol. The molecule has 0 aliphatic carbocycles. The highest BCUT2D eigenvalue weighted by Crippen LogP contribution is 2.39. The summed E-state index contributed by atoms with van der Waals surface area (Å²) in [6.07, 6.45) is 8.22. The normalized spacial score (nSPS) is 25.0. The van der Waals surface area contributed by atoms with Gasteiger partial charge in [0.2, 0.25) is 0 Å². The quantitative estimate of drug-likeness (QED) is 0.727. The topological polar surface area (TPSA) is 99.8 Å². The molecule has 0 aromatic carbocycles. The van der Waals surface area contributed by atoms with Crippen LogP contribution < -0.4 is 10.6 Å². The van der Waals surface area contributed by atoms with Gasteiger partial charge < -0.3 is 10.6 Å². The Kier molecular flexibility index (Phi) is 6.35. The predicted molar refractivity (Wildman–Crippen MR) is 126 cm³/mol. The van der Waals surface area contributed by atoms with Crippen molar-refractivity contribution in [1.29, 1.82) is 0 Å². The minimum atomic E-state index is -3.53. The Morgan fingerprint density at radius 2 is 1.88 bits per heavy atom. The lowest BCUT2D eigenvalue weighted by Crippen LogP contribution is -2.47. The minimum absolute atomic E-state index is 0.139. The van der Waals surface area contributed by atoms with Gasteiger partial charge in [-0.3, -0.25) is 4.79 Å². The lowest BCUT2D eigenvalue weighted by Gasteiger charge is -2.35. The van der Waals surface area contributed by atoms with E-state index in [0.29, 0.717) is 48.9 Å². The second-order valence-electron chi connectivity index (χ2n) is 9.97. The van der Waals surface area contributed by atoms with E-state index in [1.165, 1.54) is 0 Å². The molecule has 2 N–H and O–H groups in total. The van der Waals surface area contributed by atoms with Crippen LogP contribution >= 0.6 is 0 Å². The third-order valence-electron chi connectivity index (χ3n) is 6.94. The molecular weight excluding hydrogens is 426 g/mol. The van der Waals surface area contributed by atoms with Gasteiger partial charge in [-0.1, -0.05) is 19.4 Å². The van der Waals surface area contributed by atoms with Crippen LogP contribution in [0.4, 0.5) is 5.82 Å². The van der Waals surface area contributed by atoms with Crippen LogP contribution in [0.5, 0.6) is 0 Å². The Bertz CT molecular complexity index is 1010. The molecule has 2 fully saturated rings. The smallest absolute Gasteiger partial charge is 0.282 e. The molecule has 0 spiro atoms. The predicted octanol–water partition coefficient (Wildman–Crippen LogP) is 2.63. The molecule has 4 heterocycles. The lowest BCUT2D eigenvalue weighted by molar-refractivity contribution is 0.1000. The van der Waals surface area contributed by atoms with Crippen LogP contribution in [0.25, 0.3) is 5.57 Å². The second-order valence-corrected chi connectivity index (χ2v) is 11.9. The lowest BCUT2D eigenvalue weighted by atomic mass is 9.95. The molecule has 9 heteroatoms. The molecule has 8 nitrogen and oxygen atoms in total. The molecule has 0 saturated carbocycles. The summed E-state index contributed by atoms with van der Waals surface area (Å²) < 4.78 is 29.6. The number of carbonyl (C=O) groups excluding carboxylic acids is 1. The van der Waals surface area contributed by atoms with E-state index in [0.717, 1.165) is 37.8 Å². The van der Waals surface area contributed by atoms with E-state index in [2.05, 4.69) is 30.7 Å². The number of hydrogen-bond donors (Lipinski definition) is 1. The van der Waals surface area contributed by atoms with Crippen molar-refractivity contribution in [2.24, 2.45) is 11.7 Å². The highest BCUT2D eigenvalue weighted by Gasteiger charge is 2.40. The summed E-state index contributed by atoms with van der Waals surface area (Å²) in [7, 11) is -3.53. The summed E-state index contributed by atoms with van der Waals surface area (Å²) in [5.74, 6) is 0.548. The molecule has 0 unspecified atom stereocenters. The van der Waals surface area contributed by atoms with Crippen molar-refractivity contribution in [2.75, 3.05) is 37.6 Å². The number of anilines is 1. The van der Waals surface area contributed by atoms with Gasteiger partial charge in [-0.15, -0.1) is 0 Å². The number of pyridine rings is 1. The van der Waals surface area contributed by atoms with E-state index in [9.17, 15) is 13.2 Å². The molecule has 1 aromatic heterocycles. The van der Waals surface area contributed by atoms with Crippen molar-refractivity contribution in [3.05, 3.63) is 29.5 Å². The Balaban J connectivity index is 1.68. The summed E-state index contributed by atoms with van der Waals surface area (Å²) in [6.45, 7) is 9.15. The van der Waals surface area contributed by atoms with Crippen LogP contribution in [0.15, 0.2) is 18.3 Å². The maximum absolute atomic E-state index is 13.2. The number of nitrogens with two attached hydrogens (primary N) is 1. The molecule has 1 atom stereocenters. The van der Waals surface area contributed by atoms with Gasteiger partial charge in [0.25, 0.3) is 16.1 Å². The standard InChI is InChI=1S/C23H35N5O3S/c1-17-14-23(2,3)28(15-17)22-20(21(24)29)19(9-10-25-22)18-8-7-13-27(16-18)32(30,31)26-11-5-4-6-12-26/h8-10,17H,4-7,11-16H2,1-3H3,(H2,24,29)/t17-/m0/s1. The van der Waals surface area contributed by atoms with E-state index >= 15 is 0 Å². The van der Waals surface area contributed by atoms with Crippen LogP contribution in [0.1, 0.15) is 68.8 Å². The van der Waals surface area contributed by atoms with Gasteiger partial charge >= 0.3 is 0 Å². The maximum atomic E-state index is 13.2. The summed E-state index contributed by atoms with van der Waals surface area (Å²) in [6, 6.07) is 1.79. The van der Waals surface area contributed by atoms with Crippen LogP contribution in [0, 0.1) is 5.92 Å². The molecule has 4 rings (SSSR count). The zero-order chi connectivity index (χ0) is 23.1. The van der Waals surface area contributed by atoms with E-state index in [1.54, 1.807) is 20.9 Å². The van der Waals surface area contributed by atoms with Gasteiger partial charge in [-0.05, 0) is 62.7 Å². The fourth-order valence-electron chi connectivity index (χ4n) is 5.49. The zero-order valence-electron chi connectivity index (χ0n) is 19.4. The molecule has 2 saturated heterocycles. The number of amides is 1. The molecule has 32 heavy (non-hydrogen) atoms. The molecule has 176 valence electrons. The number of nitrogens with zero attached hydrogens (tertiary/aromatic N) is 4. The van der Waals surface area contributed by atoms with Crippen molar-refractivity contribution in [1.82, 2.24) is 13.6 Å². The van der Waals surface area contributed by atoms with Gasteiger partial charge in [0.15, 0.2) is 0 Å². The summed E-state index contributed by atoms with van der Waals surface area (Å²) in [5, 5.41) is 0. The first-order valence-corrected chi connectivity index (χ1v) is 13.0. The van der Waals surface area contributed by atoms with Crippen LogP contribution in [-0.4, -0.2) is 66.2 Å². The summed E-state index contributed by atoms with van der Waals surface area (Å²) in [5.41, 5.74) is 7.64. The summed E-state index contributed by atoms with van der Waals surface area (Å²) >= 11 is 0. The van der Waals surface area contributed by atoms with Gasteiger partial charge in [0.05, 0.1) is 5.56 Å². The fraction of sp³-hybridized carbons (Fsp3) is 0.652. The largest absolute Gasteiger partial charge is 0.365 e. The molecule has 1 aromatic rings. The zero-order valence-corrected chi connectivity index (χ0v) is 20.2. The number of rotatable bonds is 5. The minimum Gasteiger partial charge on any atom is -0.365 e. The maximum Gasteiger partial charge on any atom is 0.282 e. The highest BCUT2D eigenvalue weighted by atomic mass is 32.2. The molecular formula is C23H35N5O3S. The number of carbonyl (C=O) groups is 1. The number of hydrogen-bond acceptors (Lipinski definition) is 5. The molecule has 1 amide bonds. The van der Waals surface area contributed by atoms with Crippen LogP contribution in [0.3, 0.4) is 0 Å². The molecule has 3 aliphatic heterocycles. The van der Waals surface area contributed by atoms with Gasteiger partial charge in [0.1, 0.15) is 5.82 Å². The first-order valence-electron chi connectivity index (χ1n) is 11.6. The number of piperidine rings is 1. The van der Waals surface area contributed by atoms with Crippen molar-refractivity contribution >= 4 is 27.5 Å². The number of primary amides is 1. The first kappa shape index (κ1) is 23.2. The Morgan fingerprint density at radius 3 is 2.50 bits per heavy atom. The molecule has 0 radical (unpaired) electrons. The van der Waals surface area contributed by atoms with E-state index in [-0.39, 0.29) is 12.1 Å². The third-order valence-corrected chi connectivity index (χ3v) is 8.92. The average molecular weight is 462 g/mol. The van der Waals surface area contributed by atoms with Gasteiger partial charge in [-0.2, -0.15) is 17.0 Å².